The molecule has 6 nitrogen and oxygen atoms in total. The average molecular weight is 375 g/mol. The first-order valence-corrected chi connectivity index (χ1v) is 8.92. The molecule has 26 heavy (non-hydrogen) atoms. The average Bonchev–Trinajstić information content (AvgIpc) is 2.64. The smallest absolute Gasteiger partial charge is 0.254 e. The number of Topliss-reactive ketones (excluding diaryl/α,β-unsaturated/α-hetero) is 1. The first-order chi connectivity index (χ1) is 12.5. The van der Waals surface area contributed by atoms with Crippen molar-refractivity contribution in [3.05, 3.63) is 69.6 Å². The molecule has 1 saturated heterocycles. The van der Waals surface area contributed by atoms with Gasteiger partial charge >= 0.3 is 0 Å². The van der Waals surface area contributed by atoms with Crippen LogP contribution in [0.5, 0.6) is 0 Å². The van der Waals surface area contributed by atoms with Crippen molar-refractivity contribution in [3.8, 4) is 0 Å². The topological polar surface area (TPSA) is 63.8 Å². The predicted octanol–water partition coefficient (Wildman–Crippen LogP) is 0.283. The van der Waals surface area contributed by atoms with E-state index in [1.54, 1.807) is 35.2 Å². The van der Waals surface area contributed by atoms with E-state index in [2.05, 4.69) is 7.05 Å². The van der Waals surface area contributed by atoms with Crippen molar-refractivity contribution >= 4 is 23.3 Å². The van der Waals surface area contributed by atoms with Crippen molar-refractivity contribution in [3.63, 3.8) is 0 Å². The fourth-order valence-electron chi connectivity index (χ4n) is 3.09. The Bertz CT molecular complexity index is 872. The number of ketones is 1. The van der Waals surface area contributed by atoms with Gasteiger partial charge in [0.05, 0.1) is 33.2 Å². The predicted molar refractivity (Wildman–Crippen MR) is 98.7 cm³/mol. The van der Waals surface area contributed by atoms with E-state index in [1.807, 2.05) is 0 Å². The second-order valence-corrected chi connectivity index (χ2v) is 6.94. The number of hydrogen-bond donors (Lipinski definition) is 1. The number of pyridine rings is 1. The molecule has 1 fully saturated rings. The van der Waals surface area contributed by atoms with Crippen LogP contribution in [0.15, 0.2) is 53.5 Å². The van der Waals surface area contributed by atoms with E-state index in [4.69, 9.17) is 11.6 Å². The maximum atomic E-state index is 13.2. The monoisotopic (exact) mass is 374 g/mol. The zero-order valence-electron chi connectivity index (χ0n) is 14.5. The summed E-state index contributed by atoms with van der Waals surface area (Å²) >= 11 is 6.00. The van der Waals surface area contributed by atoms with Crippen LogP contribution in [0, 0.1) is 0 Å². The van der Waals surface area contributed by atoms with Crippen LogP contribution in [0.25, 0.3) is 0 Å². The molecule has 0 spiro atoms. The van der Waals surface area contributed by atoms with Crippen LogP contribution in [0.4, 0.5) is 0 Å². The number of likely N-dealkylation sites (N-methyl/N-ethyl adjacent to an activating group) is 1. The van der Waals surface area contributed by atoms with E-state index in [0.717, 1.165) is 13.1 Å². The lowest BCUT2D eigenvalue weighted by Crippen LogP contribution is -3.12. The summed E-state index contributed by atoms with van der Waals surface area (Å²) in [4.78, 5) is 41.6. The molecule has 2 aromatic rings. The lowest BCUT2D eigenvalue weighted by atomic mass is 10.0. The maximum Gasteiger partial charge on any atom is 0.254 e. The van der Waals surface area contributed by atoms with Gasteiger partial charge in [0, 0.05) is 22.8 Å². The number of hydrogen-bond acceptors (Lipinski definition) is 3. The van der Waals surface area contributed by atoms with E-state index < -0.39 is 11.8 Å². The molecule has 2 heterocycles. The third kappa shape index (κ3) is 3.86. The molecule has 0 saturated carbocycles. The van der Waals surface area contributed by atoms with Gasteiger partial charge in [-0.05, 0) is 18.2 Å². The van der Waals surface area contributed by atoms with Crippen LogP contribution in [0.1, 0.15) is 16.4 Å². The molecule has 1 aromatic carbocycles. The van der Waals surface area contributed by atoms with Crippen LogP contribution in [0.3, 0.4) is 0 Å². The molecule has 1 atom stereocenters. The van der Waals surface area contributed by atoms with E-state index in [0.29, 0.717) is 23.7 Å². The summed E-state index contributed by atoms with van der Waals surface area (Å²) < 4.78 is 1.21. The number of nitrogens with one attached hydrogen (secondary N) is 1. The van der Waals surface area contributed by atoms with Crippen LogP contribution in [-0.2, 0) is 4.79 Å². The molecule has 3 rings (SSSR count). The summed E-state index contributed by atoms with van der Waals surface area (Å²) in [6, 6.07) is 9.80. The minimum absolute atomic E-state index is 0.311. The lowest BCUT2D eigenvalue weighted by molar-refractivity contribution is -0.883. The van der Waals surface area contributed by atoms with E-state index in [1.165, 1.54) is 27.8 Å². The molecule has 0 unspecified atom stereocenters. The van der Waals surface area contributed by atoms with E-state index in [9.17, 15) is 14.4 Å². The van der Waals surface area contributed by atoms with E-state index in [-0.39, 0.29) is 11.5 Å². The van der Waals surface area contributed by atoms with Gasteiger partial charge in [0.2, 0.25) is 0 Å². The molecule has 0 aliphatic carbocycles. The molecular formula is C19H21ClN3O3+. The van der Waals surface area contributed by atoms with Gasteiger partial charge in [-0.3, -0.25) is 19.0 Å². The van der Waals surface area contributed by atoms with Crippen molar-refractivity contribution in [1.82, 2.24) is 9.47 Å². The van der Waals surface area contributed by atoms with Gasteiger partial charge in [-0.25, -0.2) is 0 Å². The Labute approximate surface area is 156 Å². The Kier molecular flexibility index (Phi) is 5.54. The van der Waals surface area contributed by atoms with Gasteiger partial charge in [0.15, 0.2) is 11.8 Å². The van der Waals surface area contributed by atoms with Gasteiger partial charge in [-0.15, -0.1) is 0 Å². The summed E-state index contributed by atoms with van der Waals surface area (Å²) in [5, 5.41) is 0.408. The van der Waals surface area contributed by atoms with Crippen molar-refractivity contribution in [2.45, 2.75) is 6.04 Å². The number of quaternary nitrogens is 1. The number of amides is 1. The molecule has 7 heteroatoms. The third-order valence-corrected chi connectivity index (χ3v) is 4.88. The number of rotatable bonds is 4. The fraction of sp³-hybridized carbons (Fsp3) is 0.316. The quantitative estimate of drug-likeness (QED) is 0.617. The third-order valence-electron chi connectivity index (χ3n) is 4.65. The summed E-state index contributed by atoms with van der Waals surface area (Å²) in [7, 11) is 2.07. The molecule has 1 aliphatic rings. The summed E-state index contributed by atoms with van der Waals surface area (Å²) in [6.45, 7) is 2.75. The Morgan fingerprint density at radius 3 is 2.50 bits per heavy atom. The number of benzene rings is 1. The molecule has 136 valence electrons. The van der Waals surface area contributed by atoms with Gasteiger partial charge in [0.1, 0.15) is 0 Å². The number of aromatic nitrogens is 1. The molecular weight excluding hydrogens is 354 g/mol. The summed E-state index contributed by atoms with van der Waals surface area (Å²) in [5.74, 6) is -0.784. The zero-order valence-corrected chi connectivity index (χ0v) is 15.3. The van der Waals surface area contributed by atoms with Gasteiger partial charge in [-0.1, -0.05) is 29.8 Å². The highest BCUT2D eigenvalue weighted by molar-refractivity contribution is 6.31. The maximum absolute atomic E-state index is 13.2. The summed E-state index contributed by atoms with van der Waals surface area (Å²) in [6.07, 6.45) is 1.48. The molecule has 0 radical (unpaired) electrons. The molecule has 1 aliphatic heterocycles. The highest BCUT2D eigenvalue weighted by atomic mass is 35.5. The molecule has 1 amide bonds. The Hall–Kier alpha value is -2.44. The highest BCUT2D eigenvalue weighted by Crippen LogP contribution is 2.19. The van der Waals surface area contributed by atoms with Gasteiger partial charge in [-0.2, -0.15) is 0 Å². The first kappa shape index (κ1) is 18.4. The Morgan fingerprint density at radius 1 is 1.12 bits per heavy atom. The Balaban J connectivity index is 1.99. The lowest BCUT2D eigenvalue weighted by Gasteiger charge is -2.32. The highest BCUT2D eigenvalue weighted by Gasteiger charge is 2.35. The summed E-state index contributed by atoms with van der Waals surface area (Å²) in [5.41, 5.74) is -0.0765. The minimum Gasteiger partial charge on any atom is -0.334 e. The number of carbonyl (C=O) groups excluding carboxylic acids is 2. The SMILES string of the molecule is C[NH+]1CCN(C(=O)[C@@H](C(=O)c2cccc(Cl)c2)n2ccccc2=O)CC1. The second kappa shape index (κ2) is 7.85. The van der Waals surface area contributed by atoms with Crippen LogP contribution in [-0.4, -0.2) is 54.4 Å². The number of halogens is 1. The van der Waals surface area contributed by atoms with Gasteiger partial charge < -0.3 is 9.80 Å². The number of carbonyl (C=O) groups is 2. The van der Waals surface area contributed by atoms with Crippen LogP contribution < -0.4 is 10.5 Å². The molecule has 1 N–H and O–H groups in total. The molecule has 0 bridgehead atoms. The zero-order chi connectivity index (χ0) is 18.7. The fourth-order valence-corrected chi connectivity index (χ4v) is 3.28. The standard InChI is InChI=1S/C19H20ClN3O3/c1-21-9-11-22(12-10-21)19(26)17(23-8-3-2-7-16(23)24)18(25)14-5-4-6-15(20)13-14/h2-8,13,17H,9-12H2,1H3/p+1/t17-/m1/s1. The van der Waals surface area contributed by atoms with Crippen LogP contribution >= 0.6 is 11.6 Å². The molecule has 1 aromatic heterocycles. The van der Waals surface area contributed by atoms with Crippen molar-refractivity contribution in [2.75, 3.05) is 33.2 Å². The van der Waals surface area contributed by atoms with Crippen molar-refractivity contribution in [1.29, 1.82) is 0 Å². The largest absolute Gasteiger partial charge is 0.334 e. The van der Waals surface area contributed by atoms with Crippen molar-refractivity contribution < 1.29 is 14.5 Å². The first-order valence-electron chi connectivity index (χ1n) is 8.54. The minimum atomic E-state index is -1.22. The van der Waals surface area contributed by atoms with Gasteiger partial charge in [0.25, 0.3) is 11.5 Å². The van der Waals surface area contributed by atoms with Crippen LogP contribution in [0.2, 0.25) is 5.02 Å². The normalized spacial score (nSPS) is 16.3. The number of piperazine rings is 1. The second-order valence-electron chi connectivity index (χ2n) is 6.51. The number of nitrogens with zero attached hydrogens (tertiary/aromatic N) is 2. The van der Waals surface area contributed by atoms with E-state index >= 15 is 0 Å². The van der Waals surface area contributed by atoms with Crippen molar-refractivity contribution in [2.24, 2.45) is 0 Å². The Morgan fingerprint density at radius 2 is 1.85 bits per heavy atom.